The zero-order valence-electron chi connectivity index (χ0n) is 12.6. The van der Waals surface area contributed by atoms with Crippen molar-refractivity contribution in [2.45, 2.75) is 19.3 Å². The normalized spacial score (nSPS) is 12.9. The average molecular weight is 285 g/mol. The second-order valence-corrected chi connectivity index (χ2v) is 4.99. The fourth-order valence-electron chi connectivity index (χ4n) is 2.75. The minimum absolute atomic E-state index is 0.677. The first-order valence-corrected chi connectivity index (χ1v) is 7.06. The van der Waals surface area contributed by atoms with Gasteiger partial charge in [0.25, 0.3) is 0 Å². The third kappa shape index (κ3) is 2.39. The van der Waals surface area contributed by atoms with Crippen molar-refractivity contribution in [3.05, 3.63) is 29.5 Å². The van der Waals surface area contributed by atoms with Crippen LogP contribution in [0.2, 0.25) is 0 Å². The van der Waals surface area contributed by atoms with Gasteiger partial charge in [0.2, 0.25) is 0 Å². The molecule has 1 aromatic heterocycles. The quantitative estimate of drug-likeness (QED) is 0.936. The van der Waals surface area contributed by atoms with Crippen LogP contribution >= 0.6 is 0 Å². The van der Waals surface area contributed by atoms with E-state index in [0.717, 1.165) is 47.8 Å². The Labute approximate surface area is 124 Å². The number of aromatic nitrogens is 2. The molecule has 0 saturated heterocycles. The predicted octanol–water partition coefficient (Wildman–Crippen LogP) is 2.69. The summed E-state index contributed by atoms with van der Waals surface area (Å²) in [4.78, 5) is 9.39. The molecule has 0 spiro atoms. The molecule has 0 aliphatic heterocycles. The van der Waals surface area contributed by atoms with Crippen molar-refractivity contribution in [1.29, 1.82) is 0 Å². The first-order chi connectivity index (χ1) is 10.3. The fourth-order valence-corrected chi connectivity index (χ4v) is 2.75. The maximum absolute atomic E-state index is 5.44. The van der Waals surface area contributed by atoms with Crippen LogP contribution in [-0.2, 0) is 12.8 Å². The summed E-state index contributed by atoms with van der Waals surface area (Å²) in [5.74, 6) is 3.10. The van der Waals surface area contributed by atoms with Crippen LogP contribution in [0, 0.1) is 0 Å². The number of methoxy groups -OCH3 is 2. The summed E-state index contributed by atoms with van der Waals surface area (Å²) < 4.78 is 10.7. The van der Waals surface area contributed by atoms with Crippen LogP contribution in [0.15, 0.2) is 18.2 Å². The highest BCUT2D eigenvalue weighted by Crippen LogP contribution is 2.34. The van der Waals surface area contributed by atoms with E-state index >= 15 is 0 Å². The summed E-state index contributed by atoms with van der Waals surface area (Å²) in [6, 6.07) is 5.66. The molecule has 1 N–H and O–H groups in total. The second kappa shape index (κ2) is 5.60. The van der Waals surface area contributed by atoms with Crippen LogP contribution in [-0.4, -0.2) is 31.2 Å². The number of hydrogen-bond acceptors (Lipinski definition) is 5. The average Bonchev–Trinajstić information content (AvgIpc) is 3.01. The Morgan fingerprint density at radius 1 is 1.10 bits per heavy atom. The molecule has 5 nitrogen and oxygen atoms in total. The number of aryl methyl sites for hydroxylation is 1. The molecule has 1 heterocycles. The van der Waals surface area contributed by atoms with Gasteiger partial charge in [-0.3, -0.25) is 0 Å². The molecule has 110 valence electrons. The lowest BCUT2D eigenvalue weighted by Gasteiger charge is -2.13. The van der Waals surface area contributed by atoms with Crippen molar-refractivity contribution >= 4 is 5.82 Å². The molecule has 0 fully saturated rings. The highest BCUT2D eigenvalue weighted by Gasteiger charge is 2.20. The van der Waals surface area contributed by atoms with Gasteiger partial charge in [0, 0.05) is 18.3 Å². The van der Waals surface area contributed by atoms with Gasteiger partial charge < -0.3 is 14.8 Å². The van der Waals surface area contributed by atoms with E-state index in [9.17, 15) is 0 Å². The number of nitrogens with one attached hydrogen (secondary N) is 1. The van der Waals surface area contributed by atoms with Gasteiger partial charge in [0.1, 0.15) is 17.3 Å². The fraction of sp³-hybridized carbons (Fsp3) is 0.375. The molecule has 0 unspecified atom stereocenters. The Hall–Kier alpha value is -2.30. The molecule has 0 bridgehead atoms. The Bertz CT molecular complexity index is 671. The molecule has 0 amide bonds. The van der Waals surface area contributed by atoms with Gasteiger partial charge in [0.15, 0.2) is 5.82 Å². The van der Waals surface area contributed by atoms with Gasteiger partial charge in [-0.05, 0) is 37.5 Å². The van der Waals surface area contributed by atoms with E-state index in [1.54, 1.807) is 14.2 Å². The van der Waals surface area contributed by atoms with E-state index in [1.807, 2.05) is 25.2 Å². The third-order valence-electron chi connectivity index (χ3n) is 3.82. The van der Waals surface area contributed by atoms with E-state index in [1.165, 1.54) is 5.56 Å². The standard InChI is InChI=1S/C16H19N3O2/c1-17-15-11-5-4-6-13(11)18-16(19-15)12-9-10(20-2)7-8-14(12)21-3/h7-9H,4-6H2,1-3H3,(H,17,18,19). The van der Waals surface area contributed by atoms with Gasteiger partial charge in [0.05, 0.1) is 19.8 Å². The molecule has 1 aliphatic rings. The Morgan fingerprint density at radius 2 is 1.95 bits per heavy atom. The maximum Gasteiger partial charge on any atom is 0.165 e. The number of hydrogen-bond donors (Lipinski definition) is 1. The van der Waals surface area contributed by atoms with Crippen molar-refractivity contribution in [3.8, 4) is 22.9 Å². The lowest BCUT2D eigenvalue weighted by atomic mass is 10.1. The molecule has 0 saturated carbocycles. The van der Waals surface area contributed by atoms with E-state index in [2.05, 4.69) is 10.3 Å². The molecular weight excluding hydrogens is 266 g/mol. The van der Waals surface area contributed by atoms with Crippen LogP contribution in [0.3, 0.4) is 0 Å². The number of anilines is 1. The molecule has 1 aliphatic carbocycles. The third-order valence-corrected chi connectivity index (χ3v) is 3.82. The van der Waals surface area contributed by atoms with Gasteiger partial charge in [-0.25, -0.2) is 9.97 Å². The second-order valence-electron chi connectivity index (χ2n) is 4.99. The van der Waals surface area contributed by atoms with Crippen molar-refractivity contribution < 1.29 is 9.47 Å². The smallest absolute Gasteiger partial charge is 0.165 e. The summed E-state index contributed by atoms with van der Waals surface area (Å²) in [5, 5.41) is 3.18. The van der Waals surface area contributed by atoms with Crippen LogP contribution in [0.5, 0.6) is 11.5 Å². The van der Waals surface area contributed by atoms with Crippen LogP contribution in [0.1, 0.15) is 17.7 Å². The minimum atomic E-state index is 0.677. The molecule has 0 atom stereocenters. The summed E-state index contributed by atoms with van der Waals surface area (Å²) in [6.45, 7) is 0. The Kier molecular flexibility index (Phi) is 3.64. The summed E-state index contributed by atoms with van der Waals surface area (Å²) in [7, 11) is 5.19. The van der Waals surface area contributed by atoms with Crippen LogP contribution in [0.4, 0.5) is 5.82 Å². The number of fused-ring (bicyclic) bond motifs is 1. The summed E-state index contributed by atoms with van der Waals surface area (Å²) in [5.41, 5.74) is 3.22. The Morgan fingerprint density at radius 3 is 2.67 bits per heavy atom. The number of ether oxygens (including phenoxy) is 2. The van der Waals surface area contributed by atoms with Gasteiger partial charge in [-0.1, -0.05) is 0 Å². The summed E-state index contributed by atoms with van der Waals surface area (Å²) >= 11 is 0. The first-order valence-electron chi connectivity index (χ1n) is 7.06. The SMILES string of the molecule is CNc1nc(-c2cc(OC)ccc2OC)nc2c1CCC2. The minimum Gasteiger partial charge on any atom is -0.497 e. The van der Waals surface area contributed by atoms with Gasteiger partial charge in [-0.2, -0.15) is 0 Å². The molecule has 3 rings (SSSR count). The van der Waals surface area contributed by atoms with Crippen molar-refractivity contribution in [3.63, 3.8) is 0 Å². The summed E-state index contributed by atoms with van der Waals surface area (Å²) in [6.07, 6.45) is 3.18. The van der Waals surface area contributed by atoms with E-state index in [-0.39, 0.29) is 0 Å². The van der Waals surface area contributed by atoms with Crippen LogP contribution < -0.4 is 14.8 Å². The lowest BCUT2D eigenvalue weighted by Crippen LogP contribution is -2.04. The predicted molar refractivity (Wildman–Crippen MR) is 82.1 cm³/mol. The molecule has 2 aromatic rings. The monoisotopic (exact) mass is 285 g/mol. The molecule has 21 heavy (non-hydrogen) atoms. The van der Waals surface area contributed by atoms with Gasteiger partial charge >= 0.3 is 0 Å². The molecular formula is C16H19N3O2. The van der Waals surface area contributed by atoms with Crippen LogP contribution in [0.25, 0.3) is 11.4 Å². The topological polar surface area (TPSA) is 56.3 Å². The highest BCUT2D eigenvalue weighted by molar-refractivity contribution is 5.68. The van der Waals surface area contributed by atoms with Crippen molar-refractivity contribution in [1.82, 2.24) is 9.97 Å². The Balaban J connectivity index is 2.16. The number of rotatable bonds is 4. The zero-order valence-corrected chi connectivity index (χ0v) is 12.6. The molecule has 0 radical (unpaired) electrons. The van der Waals surface area contributed by atoms with E-state index in [0.29, 0.717) is 5.82 Å². The van der Waals surface area contributed by atoms with Crippen molar-refractivity contribution in [2.24, 2.45) is 0 Å². The lowest BCUT2D eigenvalue weighted by molar-refractivity contribution is 0.404. The largest absolute Gasteiger partial charge is 0.497 e. The number of nitrogens with zero attached hydrogens (tertiary/aromatic N) is 2. The van der Waals surface area contributed by atoms with Gasteiger partial charge in [-0.15, -0.1) is 0 Å². The van der Waals surface area contributed by atoms with E-state index < -0.39 is 0 Å². The molecule has 1 aromatic carbocycles. The highest BCUT2D eigenvalue weighted by atomic mass is 16.5. The number of benzene rings is 1. The van der Waals surface area contributed by atoms with Crippen molar-refractivity contribution in [2.75, 3.05) is 26.6 Å². The van der Waals surface area contributed by atoms with E-state index in [4.69, 9.17) is 14.5 Å². The zero-order chi connectivity index (χ0) is 14.8. The molecule has 5 heteroatoms. The first kappa shape index (κ1) is 13.7. The maximum atomic E-state index is 5.44.